The number of ether oxygens (including phenoxy) is 1. The van der Waals surface area contributed by atoms with E-state index in [1.165, 1.54) is 12.1 Å². The summed E-state index contributed by atoms with van der Waals surface area (Å²) >= 11 is 0. The maximum atomic E-state index is 13.7. The molecule has 0 spiro atoms. The van der Waals surface area contributed by atoms with Gasteiger partial charge in [0.15, 0.2) is 5.82 Å². The molecule has 0 radical (unpaired) electrons. The molecule has 1 N–H and O–H groups in total. The minimum atomic E-state index is -0.643. The number of halogens is 1. The van der Waals surface area contributed by atoms with Crippen LogP contribution < -0.4 is 5.56 Å². The van der Waals surface area contributed by atoms with Crippen LogP contribution in [0, 0.1) is 5.82 Å². The van der Waals surface area contributed by atoms with Crippen LogP contribution in [0.5, 0.6) is 0 Å². The number of aromatic amines is 1. The molecule has 0 aliphatic heterocycles. The molecule has 5 rings (SSSR count). The normalized spacial score (nSPS) is 12.4. The molecule has 196 valence electrons. The molecule has 0 bridgehead atoms. The summed E-state index contributed by atoms with van der Waals surface area (Å²) in [6.45, 7) is 3.64. The van der Waals surface area contributed by atoms with E-state index in [0.29, 0.717) is 43.4 Å². The van der Waals surface area contributed by atoms with Crippen LogP contribution >= 0.6 is 0 Å². The Kier molecular flexibility index (Phi) is 7.71. The first kappa shape index (κ1) is 25.5. The Morgan fingerprint density at radius 1 is 1.11 bits per heavy atom. The van der Waals surface area contributed by atoms with Gasteiger partial charge in [0, 0.05) is 24.7 Å². The topological polar surface area (TPSA) is 102 Å². The highest BCUT2D eigenvalue weighted by Gasteiger charge is 2.31. The predicted molar refractivity (Wildman–Crippen MR) is 140 cm³/mol. The second kappa shape index (κ2) is 11.5. The lowest BCUT2D eigenvalue weighted by molar-refractivity contribution is 0.163. The van der Waals surface area contributed by atoms with Crippen LogP contribution in [-0.2, 0) is 30.8 Å². The Hall–Kier alpha value is -4.15. The fourth-order valence-corrected chi connectivity index (χ4v) is 4.61. The Bertz CT molecular complexity index is 1550. The zero-order valence-corrected chi connectivity index (χ0v) is 21.3. The number of nitrogens with one attached hydrogen (secondary N) is 1. The maximum Gasteiger partial charge on any atom is 0.253 e. The lowest BCUT2D eigenvalue weighted by Gasteiger charge is -2.30. The van der Waals surface area contributed by atoms with Gasteiger partial charge in [-0.15, -0.1) is 5.10 Å². The van der Waals surface area contributed by atoms with E-state index >= 15 is 0 Å². The van der Waals surface area contributed by atoms with E-state index in [2.05, 4.69) is 38.4 Å². The highest BCUT2D eigenvalue weighted by atomic mass is 19.1. The Morgan fingerprint density at radius 2 is 1.92 bits per heavy atom. The summed E-state index contributed by atoms with van der Waals surface area (Å²) in [5.74, 6) is 0.884. The Morgan fingerprint density at radius 3 is 2.66 bits per heavy atom. The smallest absolute Gasteiger partial charge is 0.253 e. The van der Waals surface area contributed by atoms with Crippen LogP contribution in [0.25, 0.3) is 10.9 Å². The van der Waals surface area contributed by atoms with Gasteiger partial charge in [-0.3, -0.25) is 9.69 Å². The van der Waals surface area contributed by atoms with Crippen molar-refractivity contribution in [1.29, 1.82) is 0 Å². The van der Waals surface area contributed by atoms with Crippen LogP contribution in [0.4, 0.5) is 4.39 Å². The highest BCUT2D eigenvalue weighted by Crippen LogP contribution is 2.30. The summed E-state index contributed by atoms with van der Waals surface area (Å²) in [6.07, 6.45) is 2.48. The molecule has 0 saturated heterocycles. The summed E-state index contributed by atoms with van der Waals surface area (Å²) < 4.78 is 26.3. The van der Waals surface area contributed by atoms with Crippen LogP contribution in [-0.4, -0.2) is 43.8 Å². The van der Waals surface area contributed by atoms with Crippen molar-refractivity contribution in [3.05, 3.63) is 111 Å². The van der Waals surface area contributed by atoms with Crippen molar-refractivity contribution in [2.75, 3.05) is 13.7 Å². The molecule has 0 unspecified atom stereocenters. The summed E-state index contributed by atoms with van der Waals surface area (Å²) in [5, 5.41) is 13.4. The lowest BCUT2D eigenvalue weighted by atomic mass is 10.0. The van der Waals surface area contributed by atoms with Crippen LogP contribution in [0.3, 0.4) is 0 Å². The van der Waals surface area contributed by atoms with Crippen molar-refractivity contribution in [3.8, 4) is 0 Å². The van der Waals surface area contributed by atoms with Gasteiger partial charge in [0.25, 0.3) is 5.56 Å². The van der Waals surface area contributed by atoms with Gasteiger partial charge in [0.05, 0.1) is 26.0 Å². The molecule has 10 heteroatoms. The van der Waals surface area contributed by atoms with Crippen LogP contribution in [0.2, 0.25) is 0 Å². The number of H-pyrrole nitrogens is 1. The van der Waals surface area contributed by atoms with E-state index in [1.807, 2.05) is 30.3 Å². The number of benzene rings is 2. The molecule has 2 aromatic carbocycles. The molecular formula is C28H29FN6O3. The van der Waals surface area contributed by atoms with E-state index in [1.54, 1.807) is 30.2 Å². The molecule has 1 atom stereocenters. The summed E-state index contributed by atoms with van der Waals surface area (Å²) in [6, 6.07) is 17.3. The number of aromatic nitrogens is 5. The zero-order valence-electron chi connectivity index (χ0n) is 21.3. The largest absolute Gasteiger partial charge is 0.468 e. The van der Waals surface area contributed by atoms with E-state index in [4.69, 9.17) is 9.15 Å². The summed E-state index contributed by atoms with van der Waals surface area (Å²) in [7, 11) is 1.61. The van der Waals surface area contributed by atoms with Crippen molar-refractivity contribution < 1.29 is 13.5 Å². The zero-order chi connectivity index (χ0) is 26.5. The molecule has 3 aromatic heterocycles. The number of hydrogen-bond donors (Lipinski definition) is 1. The monoisotopic (exact) mass is 516 g/mol. The number of pyridine rings is 1. The van der Waals surface area contributed by atoms with E-state index in [9.17, 15) is 9.18 Å². The quantitative estimate of drug-likeness (QED) is 0.280. The van der Waals surface area contributed by atoms with E-state index in [0.717, 1.165) is 28.5 Å². The van der Waals surface area contributed by atoms with Crippen molar-refractivity contribution in [1.82, 2.24) is 30.1 Å². The molecule has 0 aliphatic carbocycles. The third-order valence-electron chi connectivity index (χ3n) is 6.55. The highest BCUT2D eigenvalue weighted by molar-refractivity contribution is 5.80. The molecule has 0 fully saturated rings. The number of fused-ring (bicyclic) bond motifs is 1. The predicted octanol–water partition coefficient (Wildman–Crippen LogP) is 4.25. The van der Waals surface area contributed by atoms with Gasteiger partial charge in [0.2, 0.25) is 0 Å². The van der Waals surface area contributed by atoms with Gasteiger partial charge in [-0.2, -0.15) is 0 Å². The number of methoxy groups -OCH3 is 1. The summed E-state index contributed by atoms with van der Waals surface area (Å²) in [4.78, 5) is 18.7. The first-order chi connectivity index (χ1) is 18.6. The van der Waals surface area contributed by atoms with Crippen molar-refractivity contribution in [2.24, 2.45) is 0 Å². The molecule has 0 aliphatic rings. The fraction of sp³-hybridized carbons (Fsp3) is 0.286. The lowest BCUT2D eigenvalue weighted by Crippen LogP contribution is -2.35. The van der Waals surface area contributed by atoms with Gasteiger partial charge >= 0.3 is 0 Å². The number of furan rings is 1. The van der Waals surface area contributed by atoms with Gasteiger partial charge in [-0.05, 0) is 75.8 Å². The van der Waals surface area contributed by atoms with Crippen molar-refractivity contribution in [3.63, 3.8) is 0 Å². The van der Waals surface area contributed by atoms with E-state index < -0.39 is 6.04 Å². The molecule has 9 nitrogen and oxygen atoms in total. The molecule has 3 heterocycles. The number of hydrogen-bond acceptors (Lipinski definition) is 7. The standard InChI is InChI=1S/C28H29FN6O3/c1-3-19-8-11-25-21(15-19)16-24(28(36)30-25)26(27-31-32-33-35(27)12-14-37-2)34(18-23-5-4-13-38-23)17-20-6-9-22(29)10-7-20/h4-11,13,15-16,26H,3,12,14,17-18H2,1-2H3,(H,30,36)/t26-/m1/s1. The summed E-state index contributed by atoms with van der Waals surface area (Å²) in [5.41, 5.74) is 3.04. The number of rotatable bonds is 11. The van der Waals surface area contributed by atoms with Gasteiger partial charge < -0.3 is 14.1 Å². The molecule has 5 aromatic rings. The molecule has 0 amide bonds. The Balaban J connectivity index is 1.68. The van der Waals surface area contributed by atoms with Gasteiger partial charge in [-0.25, -0.2) is 9.07 Å². The number of aryl methyl sites for hydroxylation is 1. The van der Waals surface area contributed by atoms with Crippen LogP contribution in [0.1, 0.15) is 41.2 Å². The average molecular weight is 517 g/mol. The first-order valence-corrected chi connectivity index (χ1v) is 12.5. The Labute approximate surface area is 218 Å². The SMILES string of the molecule is CCc1ccc2[nH]c(=O)c([C@H](c3nnnn3CCOC)N(Cc3ccc(F)cc3)Cc3ccco3)cc2c1. The molecule has 38 heavy (non-hydrogen) atoms. The second-order valence-electron chi connectivity index (χ2n) is 9.10. The average Bonchev–Trinajstić information content (AvgIpc) is 3.61. The van der Waals surface area contributed by atoms with Crippen molar-refractivity contribution in [2.45, 2.75) is 39.0 Å². The third-order valence-corrected chi connectivity index (χ3v) is 6.55. The molecular weight excluding hydrogens is 487 g/mol. The first-order valence-electron chi connectivity index (χ1n) is 12.5. The van der Waals surface area contributed by atoms with Crippen molar-refractivity contribution >= 4 is 10.9 Å². The third kappa shape index (κ3) is 5.56. The van der Waals surface area contributed by atoms with Gasteiger partial charge in [-0.1, -0.05) is 25.1 Å². The maximum absolute atomic E-state index is 13.7. The minimum Gasteiger partial charge on any atom is -0.468 e. The second-order valence-corrected chi connectivity index (χ2v) is 9.10. The fourth-order valence-electron chi connectivity index (χ4n) is 4.61. The molecule has 0 saturated carbocycles. The number of nitrogens with zero attached hydrogens (tertiary/aromatic N) is 5. The van der Waals surface area contributed by atoms with E-state index in [-0.39, 0.29) is 11.4 Å². The minimum absolute atomic E-state index is 0.239. The number of tetrazole rings is 1. The van der Waals surface area contributed by atoms with Gasteiger partial charge in [0.1, 0.15) is 17.6 Å². The van der Waals surface area contributed by atoms with Crippen LogP contribution in [0.15, 0.2) is 76.1 Å².